The molecule has 1 aliphatic rings. The summed E-state index contributed by atoms with van der Waals surface area (Å²) in [5.74, 6) is 0.204. The molecule has 0 radical (unpaired) electrons. The first-order valence-corrected chi connectivity index (χ1v) is 7.32. The molecule has 0 bridgehead atoms. The SMILES string of the molecule is COC(=O)CC(C)n1cc(C2=CCC(C(C)=O)CC2)cn1. The summed E-state index contributed by atoms with van der Waals surface area (Å²) in [6, 6.07) is -0.0274. The number of allylic oxidation sites excluding steroid dienone is 2. The van der Waals surface area contributed by atoms with Gasteiger partial charge in [-0.15, -0.1) is 0 Å². The summed E-state index contributed by atoms with van der Waals surface area (Å²) in [5, 5.41) is 4.33. The molecule has 2 atom stereocenters. The highest BCUT2D eigenvalue weighted by atomic mass is 16.5. The van der Waals surface area contributed by atoms with Gasteiger partial charge >= 0.3 is 5.97 Å². The Morgan fingerprint density at radius 3 is 2.86 bits per heavy atom. The fourth-order valence-electron chi connectivity index (χ4n) is 2.63. The van der Waals surface area contributed by atoms with Gasteiger partial charge in [-0.1, -0.05) is 6.08 Å². The van der Waals surface area contributed by atoms with E-state index in [9.17, 15) is 9.59 Å². The van der Waals surface area contributed by atoms with Crippen molar-refractivity contribution in [2.45, 2.75) is 45.6 Å². The number of methoxy groups -OCH3 is 1. The van der Waals surface area contributed by atoms with Gasteiger partial charge < -0.3 is 4.74 Å². The number of Topliss-reactive ketones (excluding diaryl/α,β-unsaturated/α-hetero) is 1. The number of rotatable bonds is 5. The lowest BCUT2D eigenvalue weighted by Gasteiger charge is -2.18. The van der Waals surface area contributed by atoms with Crippen molar-refractivity contribution in [3.8, 4) is 0 Å². The predicted octanol–water partition coefficient (Wildman–Crippen LogP) is 2.78. The molecule has 0 fully saturated rings. The first-order valence-electron chi connectivity index (χ1n) is 7.32. The van der Waals surface area contributed by atoms with E-state index in [1.807, 2.05) is 19.3 Å². The maximum atomic E-state index is 11.4. The second-order valence-electron chi connectivity index (χ2n) is 5.65. The first kappa shape index (κ1) is 15.5. The molecule has 1 heterocycles. The average Bonchev–Trinajstić information content (AvgIpc) is 2.97. The maximum Gasteiger partial charge on any atom is 0.307 e. The van der Waals surface area contributed by atoms with E-state index in [1.165, 1.54) is 12.7 Å². The Bertz CT molecular complexity index is 560. The molecule has 0 spiro atoms. The van der Waals surface area contributed by atoms with Crippen molar-refractivity contribution in [3.63, 3.8) is 0 Å². The molecule has 0 amide bonds. The van der Waals surface area contributed by atoms with Gasteiger partial charge in [0, 0.05) is 17.7 Å². The number of hydrogen-bond acceptors (Lipinski definition) is 4. The van der Waals surface area contributed by atoms with Crippen LogP contribution in [0.5, 0.6) is 0 Å². The van der Waals surface area contributed by atoms with Gasteiger partial charge in [-0.25, -0.2) is 0 Å². The molecule has 1 aliphatic carbocycles. The van der Waals surface area contributed by atoms with E-state index in [2.05, 4.69) is 15.9 Å². The second-order valence-corrected chi connectivity index (χ2v) is 5.65. The lowest BCUT2D eigenvalue weighted by Crippen LogP contribution is -2.13. The monoisotopic (exact) mass is 290 g/mol. The van der Waals surface area contributed by atoms with Gasteiger partial charge in [0.05, 0.1) is 25.8 Å². The van der Waals surface area contributed by atoms with Gasteiger partial charge in [-0.2, -0.15) is 5.10 Å². The summed E-state index contributed by atoms with van der Waals surface area (Å²) in [4.78, 5) is 22.7. The van der Waals surface area contributed by atoms with E-state index in [-0.39, 0.29) is 23.7 Å². The van der Waals surface area contributed by atoms with Gasteiger partial charge in [0.1, 0.15) is 5.78 Å². The highest BCUT2D eigenvalue weighted by molar-refractivity contribution is 5.80. The molecule has 0 saturated carbocycles. The standard InChI is InChI=1S/C16H22N2O3/c1-11(8-16(20)21-3)18-10-15(9-17-18)14-6-4-13(5-7-14)12(2)19/h6,9-11,13H,4-5,7-8H2,1-3H3. The average molecular weight is 290 g/mol. The summed E-state index contributed by atoms with van der Waals surface area (Å²) in [6.45, 7) is 3.60. The summed E-state index contributed by atoms with van der Waals surface area (Å²) in [7, 11) is 1.39. The van der Waals surface area contributed by atoms with Gasteiger partial charge in [0.15, 0.2) is 0 Å². The zero-order valence-electron chi connectivity index (χ0n) is 12.8. The molecule has 1 aromatic rings. The van der Waals surface area contributed by atoms with E-state index in [1.54, 1.807) is 11.6 Å². The molecule has 0 N–H and O–H groups in total. The smallest absolute Gasteiger partial charge is 0.307 e. The minimum absolute atomic E-state index is 0.0274. The number of carbonyl (C=O) groups is 2. The second kappa shape index (κ2) is 6.70. The van der Waals surface area contributed by atoms with Crippen molar-refractivity contribution in [1.29, 1.82) is 0 Å². The molecule has 5 nitrogen and oxygen atoms in total. The third kappa shape index (κ3) is 3.80. The first-order chi connectivity index (χ1) is 10.0. The van der Waals surface area contributed by atoms with Crippen molar-refractivity contribution in [2.24, 2.45) is 5.92 Å². The van der Waals surface area contributed by atoms with Crippen molar-refractivity contribution in [1.82, 2.24) is 9.78 Å². The van der Waals surface area contributed by atoms with Crippen molar-refractivity contribution < 1.29 is 14.3 Å². The van der Waals surface area contributed by atoms with Crippen LogP contribution in [0, 0.1) is 5.92 Å². The lowest BCUT2D eigenvalue weighted by atomic mass is 9.85. The van der Waals surface area contributed by atoms with Crippen LogP contribution in [0.4, 0.5) is 0 Å². The van der Waals surface area contributed by atoms with E-state index in [0.717, 1.165) is 24.8 Å². The largest absolute Gasteiger partial charge is 0.469 e. The molecule has 0 aliphatic heterocycles. The van der Waals surface area contributed by atoms with Crippen molar-refractivity contribution in [2.75, 3.05) is 7.11 Å². The van der Waals surface area contributed by atoms with Gasteiger partial charge in [-0.05, 0) is 38.7 Å². The predicted molar refractivity (Wildman–Crippen MR) is 79.6 cm³/mol. The van der Waals surface area contributed by atoms with Crippen LogP contribution in [-0.4, -0.2) is 28.6 Å². The van der Waals surface area contributed by atoms with E-state index < -0.39 is 0 Å². The normalized spacial score (nSPS) is 19.8. The molecule has 1 aromatic heterocycles. The van der Waals surface area contributed by atoms with E-state index >= 15 is 0 Å². The molecule has 0 aromatic carbocycles. The van der Waals surface area contributed by atoms with E-state index in [0.29, 0.717) is 6.42 Å². The molecule has 2 unspecified atom stereocenters. The van der Waals surface area contributed by atoms with Gasteiger partial charge in [0.2, 0.25) is 0 Å². The van der Waals surface area contributed by atoms with E-state index in [4.69, 9.17) is 0 Å². The molecular weight excluding hydrogens is 268 g/mol. The molecule has 5 heteroatoms. The zero-order valence-corrected chi connectivity index (χ0v) is 12.8. The number of hydrogen-bond donors (Lipinski definition) is 0. The summed E-state index contributed by atoms with van der Waals surface area (Å²) < 4.78 is 6.47. The molecule has 0 saturated heterocycles. The van der Waals surface area contributed by atoms with Crippen LogP contribution < -0.4 is 0 Å². The Hall–Kier alpha value is -1.91. The van der Waals surface area contributed by atoms with Crippen LogP contribution in [0.25, 0.3) is 5.57 Å². The number of carbonyl (C=O) groups excluding carboxylic acids is 2. The minimum atomic E-state index is -0.235. The van der Waals surface area contributed by atoms with Gasteiger partial charge in [0.25, 0.3) is 0 Å². The lowest BCUT2D eigenvalue weighted by molar-refractivity contribution is -0.141. The number of ketones is 1. The Kier molecular flexibility index (Phi) is 4.94. The Morgan fingerprint density at radius 2 is 2.29 bits per heavy atom. The quantitative estimate of drug-likeness (QED) is 0.782. The molecular formula is C16H22N2O3. The van der Waals surface area contributed by atoms with Crippen molar-refractivity contribution in [3.05, 3.63) is 24.0 Å². The Morgan fingerprint density at radius 1 is 1.52 bits per heavy atom. The van der Waals surface area contributed by atoms with Crippen LogP contribution in [0.3, 0.4) is 0 Å². The third-order valence-corrected chi connectivity index (χ3v) is 4.10. The number of aromatic nitrogens is 2. The molecule has 114 valence electrons. The van der Waals surface area contributed by atoms with Crippen LogP contribution in [0.1, 0.15) is 51.1 Å². The topological polar surface area (TPSA) is 61.2 Å². The summed E-state index contributed by atoms with van der Waals surface area (Å²) in [5.41, 5.74) is 2.32. The summed E-state index contributed by atoms with van der Waals surface area (Å²) >= 11 is 0. The highest BCUT2D eigenvalue weighted by Gasteiger charge is 2.20. The zero-order chi connectivity index (χ0) is 15.4. The highest BCUT2D eigenvalue weighted by Crippen LogP contribution is 2.30. The van der Waals surface area contributed by atoms with Crippen LogP contribution in [0.2, 0.25) is 0 Å². The third-order valence-electron chi connectivity index (χ3n) is 4.10. The maximum absolute atomic E-state index is 11.4. The fraction of sp³-hybridized carbons (Fsp3) is 0.562. The Balaban J connectivity index is 2.03. The van der Waals surface area contributed by atoms with Crippen LogP contribution >= 0.6 is 0 Å². The number of ether oxygens (including phenoxy) is 1. The van der Waals surface area contributed by atoms with Crippen molar-refractivity contribution >= 4 is 17.3 Å². The molecule has 21 heavy (non-hydrogen) atoms. The molecule has 2 rings (SSSR count). The number of nitrogens with zero attached hydrogens (tertiary/aromatic N) is 2. The van der Waals surface area contributed by atoms with Gasteiger partial charge in [-0.3, -0.25) is 14.3 Å². The minimum Gasteiger partial charge on any atom is -0.469 e. The fourth-order valence-corrected chi connectivity index (χ4v) is 2.63. The number of esters is 1. The van der Waals surface area contributed by atoms with Crippen LogP contribution in [0.15, 0.2) is 18.5 Å². The summed E-state index contributed by atoms with van der Waals surface area (Å²) in [6.07, 6.45) is 8.87. The van der Waals surface area contributed by atoms with Crippen LogP contribution in [-0.2, 0) is 14.3 Å². The Labute approximate surface area is 125 Å².